The van der Waals surface area contributed by atoms with Crippen LogP contribution in [0.4, 0.5) is 8.78 Å². The lowest BCUT2D eigenvalue weighted by atomic mass is 9.96. The monoisotopic (exact) mass is 356 g/mol. The Labute approximate surface area is 148 Å². The summed E-state index contributed by atoms with van der Waals surface area (Å²) in [6.45, 7) is 0. The summed E-state index contributed by atoms with van der Waals surface area (Å²) in [6, 6.07) is 3.80. The number of hydrogen-bond donors (Lipinski definition) is 1. The predicted octanol–water partition coefficient (Wildman–Crippen LogP) is 4.40. The molecule has 26 heavy (non-hydrogen) atoms. The number of aromatic nitrogens is 5. The van der Waals surface area contributed by atoms with Gasteiger partial charge in [0.25, 0.3) is 6.43 Å². The summed E-state index contributed by atoms with van der Waals surface area (Å²) < 4.78 is 28.7. The smallest absolute Gasteiger partial charge is 0.282 e. The molecule has 0 amide bonds. The molecular weight excluding hydrogens is 338 g/mol. The first-order valence-corrected chi connectivity index (χ1v) is 8.72. The highest BCUT2D eigenvalue weighted by atomic mass is 19.3. The number of nitrogens with zero attached hydrogens (tertiary/aromatic N) is 5. The molecule has 0 radical (unpaired) electrons. The number of nitriles is 1. The second-order valence-electron chi connectivity index (χ2n) is 6.66. The Morgan fingerprint density at radius 3 is 2.88 bits per heavy atom. The summed E-state index contributed by atoms with van der Waals surface area (Å²) in [4.78, 5) is 11.5. The lowest BCUT2D eigenvalue weighted by Crippen LogP contribution is -2.18. The Morgan fingerprint density at radius 2 is 2.15 bits per heavy atom. The third-order valence-corrected chi connectivity index (χ3v) is 5.09. The van der Waals surface area contributed by atoms with Crippen molar-refractivity contribution < 1.29 is 8.78 Å². The first-order valence-electron chi connectivity index (χ1n) is 8.72. The second kappa shape index (κ2) is 6.83. The number of aromatic amines is 1. The van der Waals surface area contributed by atoms with Gasteiger partial charge in [-0.05, 0) is 24.8 Å². The van der Waals surface area contributed by atoms with Gasteiger partial charge >= 0.3 is 0 Å². The highest BCUT2D eigenvalue weighted by molar-refractivity contribution is 5.76. The van der Waals surface area contributed by atoms with Gasteiger partial charge in [0.2, 0.25) is 0 Å². The van der Waals surface area contributed by atoms with Crippen LogP contribution >= 0.6 is 0 Å². The van der Waals surface area contributed by atoms with Crippen LogP contribution in [0.15, 0.2) is 24.7 Å². The van der Waals surface area contributed by atoms with Crippen LogP contribution in [0, 0.1) is 17.2 Å². The molecule has 0 bridgehead atoms. The first-order chi connectivity index (χ1) is 12.7. The summed E-state index contributed by atoms with van der Waals surface area (Å²) in [5.41, 5.74) is 0.474. The van der Waals surface area contributed by atoms with Gasteiger partial charge in [-0.25, -0.2) is 18.7 Å². The summed E-state index contributed by atoms with van der Waals surface area (Å²) in [6.07, 6.45) is 6.63. The normalized spacial score (nSPS) is 16.4. The number of H-pyrrole nitrogens is 1. The van der Waals surface area contributed by atoms with Crippen molar-refractivity contribution in [2.75, 3.05) is 0 Å². The van der Waals surface area contributed by atoms with Gasteiger partial charge in [0, 0.05) is 24.0 Å². The average molecular weight is 356 g/mol. The Bertz CT molecular complexity index is 948. The molecule has 3 heterocycles. The molecule has 0 aromatic carbocycles. The maximum absolute atomic E-state index is 13.6. The molecule has 6 nitrogen and oxygen atoms in total. The van der Waals surface area contributed by atoms with Crippen molar-refractivity contribution in [3.8, 4) is 17.5 Å². The number of alkyl halides is 2. The number of hydrogen-bond acceptors (Lipinski definition) is 4. The van der Waals surface area contributed by atoms with Crippen molar-refractivity contribution in [2.45, 2.75) is 44.6 Å². The van der Waals surface area contributed by atoms with E-state index in [0.29, 0.717) is 11.6 Å². The maximum atomic E-state index is 13.6. The summed E-state index contributed by atoms with van der Waals surface area (Å²) >= 11 is 0. The third kappa shape index (κ3) is 2.94. The van der Waals surface area contributed by atoms with Crippen molar-refractivity contribution >= 4 is 11.0 Å². The molecule has 134 valence electrons. The number of nitrogens with one attached hydrogen (secondary N) is 1. The van der Waals surface area contributed by atoms with E-state index in [1.807, 2.05) is 6.07 Å². The van der Waals surface area contributed by atoms with Gasteiger partial charge in [0.1, 0.15) is 11.3 Å². The van der Waals surface area contributed by atoms with Gasteiger partial charge in [-0.2, -0.15) is 10.4 Å². The van der Waals surface area contributed by atoms with E-state index in [4.69, 9.17) is 0 Å². The van der Waals surface area contributed by atoms with Gasteiger partial charge in [-0.1, -0.05) is 12.8 Å². The molecular formula is C18H18F2N6. The van der Waals surface area contributed by atoms with Gasteiger partial charge in [0.15, 0.2) is 5.82 Å². The highest BCUT2D eigenvalue weighted by Gasteiger charge is 2.30. The Kier molecular flexibility index (Phi) is 4.37. The van der Waals surface area contributed by atoms with Crippen molar-refractivity contribution in [2.24, 2.45) is 5.92 Å². The molecule has 1 fully saturated rings. The van der Waals surface area contributed by atoms with Gasteiger partial charge in [-0.15, -0.1) is 0 Å². The second-order valence-corrected chi connectivity index (χ2v) is 6.66. The SMILES string of the molecule is N#CCC(C1CCCC1)n1cc(-c2ncc3cc[nH]c3n2)c(C(F)F)n1. The topological polar surface area (TPSA) is 83.2 Å². The molecule has 4 rings (SSSR count). The Balaban J connectivity index is 1.77. The van der Waals surface area contributed by atoms with E-state index >= 15 is 0 Å². The zero-order valence-electron chi connectivity index (χ0n) is 14.1. The van der Waals surface area contributed by atoms with Gasteiger partial charge in [-0.3, -0.25) is 4.68 Å². The molecule has 0 aliphatic heterocycles. The minimum Gasteiger partial charge on any atom is -0.346 e. The minimum atomic E-state index is -2.74. The fourth-order valence-electron chi connectivity index (χ4n) is 3.79. The fourth-order valence-corrected chi connectivity index (χ4v) is 3.79. The van der Waals surface area contributed by atoms with E-state index in [1.165, 1.54) is 4.68 Å². The van der Waals surface area contributed by atoms with Crippen LogP contribution < -0.4 is 0 Å². The fraction of sp³-hybridized carbons (Fsp3) is 0.444. The zero-order chi connectivity index (χ0) is 18.1. The zero-order valence-corrected chi connectivity index (χ0v) is 14.1. The van der Waals surface area contributed by atoms with E-state index < -0.39 is 6.43 Å². The minimum absolute atomic E-state index is 0.192. The summed E-state index contributed by atoms with van der Waals surface area (Å²) in [7, 11) is 0. The molecule has 3 aromatic heterocycles. The van der Waals surface area contributed by atoms with Crippen LogP contribution in [0.1, 0.15) is 50.3 Å². The predicted molar refractivity (Wildman–Crippen MR) is 91.3 cm³/mol. The van der Waals surface area contributed by atoms with Crippen LogP contribution in [0.3, 0.4) is 0 Å². The van der Waals surface area contributed by atoms with Gasteiger partial charge < -0.3 is 4.98 Å². The van der Waals surface area contributed by atoms with E-state index in [1.54, 1.807) is 18.6 Å². The molecule has 1 aliphatic rings. The first kappa shape index (κ1) is 16.6. The Hall–Kier alpha value is -2.82. The van der Waals surface area contributed by atoms with Crippen molar-refractivity contribution in [1.82, 2.24) is 24.7 Å². The lowest BCUT2D eigenvalue weighted by molar-refractivity contribution is 0.144. The van der Waals surface area contributed by atoms with Crippen LogP contribution in [0.25, 0.3) is 22.4 Å². The molecule has 1 aliphatic carbocycles. The molecule has 1 N–H and O–H groups in total. The molecule has 1 saturated carbocycles. The summed E-state index contributed by atoms with van der Waals surface area (Å²) in [5.74, 6) is 0.503. The van der Waals surface area contributed by atoms with E-state index in [-0.39, 0.29) is 29.5 Å². The molecule has 3 aromatic rings. The Morgan fingerprint density at radius 1 is 1.35 bits per heavy atom. The summed E-state index contributed by atoms with van der Waals surface area (Å²) in [5, 5.41) is 14.1. The maximum Gasteiger partial charge on any atom is 0.282 e. The van der Waals surface area contributed by atoms with Gasteiger partial charge in [0.05, 0.1) is 24.1 Å². The van der Waals surface area contributed by atoms with Crippen LogP contribution in [0.5, 0.6) is 0 Å². The van der Waals surface area contributed by atoms with Crippen molar-refractivity contribution in [3.63, 3.8) is 0 Å². The number of halogens is 2. The largest absolute Gasteiger partial charge is 0.346 e. The third-order valence-electron chi connectivity index (χ3n) is 5.09. The van der Waals surface area contributed by atoms with Crippen LogP contribution in [0.2, 0.25) is 0 Å². The van der Waals surface area contributed by atoms with Crippen LogP contribution in [-0.2, 0) is 0 Å². The lowest BCUT2D eigenvalue weighted by Gasteiger charge is -2.21. The van der Waals surface area contributed by atoms with E-state index in [0.717, 1.165) is 31.1 Å². The van der Waals surface area contributed by atoms with Crippen LogP contribution in [-0.4, -0.2) is 24.7 Å². The van der Waals surface area contributed by atoms with Crippen molar-refractivity contribution in [1.29, 1.82) is 5.26 Å². The number of fused-ring (bicyclic) bond motifs is 1. The quantitative estimate of drug-likeness (QED) is 0.734. The molecule has 0 saturated heterocycles. The molecule has 0 spiro atoms. The molecule has 8 heteroatoms. The average Bonchev–Trinajstić information content (AvgIpc) is 3.38. The number of rotatable bonds is 5. The standard InChI is InChI=1S/C18H18F2N6/c19-16(20)15-13(18-23-9-12-6-8-22-17(12)24-18)10-26(25-15)14(5-7-21)11-3-1-2-4-11/h6,8-11,14,16H,1-5H2,(H,22,23,24). The molecule has 1 atom stereocenters. The van der Waals surface area contributed by atoms with Crippen molar-refractivity contribution in [3.05, 3.63) is 30.4 Å². The molecule has 1 unspecified atom stereocenters. The van der Waals surface area contributed by atoms with E-state index in [2.05, 4.69) is 26.1 Å². The van der Waals surface area contributed by atoms with E-state index in [9.17, 15) is 14.0 Å². The highest BCUT2D eigenvalue weighted by Crippen LogP contribution is 2.38.